The summed E-state index contributed by atoms with van der Waals surface area (Å²) in [5, 5.41) is 7.61. The van der Waals surface area contributed by atoms with Gasteiger partial charge in [0.25, 0.3) is 0 Å². The number of piperazine rings is 1. The van der Waals surface area contributed by atoms with E-state index in [0.717, 1.165) is 37.6 Å². The van der Waals surface area contributed by atoms with E-state index < -0.39 is 0 Å². The van der Waals surface area contributed by atoms with Crippen LogP contribution >= 0.6 is 0 Å². The molecule has 25 heavy (non-hydrogen) atoms. The van der Waals surface area contributed by atoms with E-state index >= 15 is 0 Å². The monoisotopic (exact) mass is 339 g/mol. The van der Waals surface area contributed by atoms with Gasteiger partial charge in [0.1, 0.15) is 5.82 Å². The molecule has 3 rings (SSSR count). The average molecular weight is 339 g/mol. The van der Waals surface area contributed by atoms with Gasteiger partial charge >= 0.3 is 0 Å². The third-order valence-electron chi connectivity index (χ3n) is 3.87. The summed E-state index contributed by atoms with van der Waals surface area (Å²) in [4.78, 5) is 16.0. The molecule has 1 aliphatic heterocycles. The van der Waals surface area contributed by atoms with E-state index in [1.165, 1.54) is 0 Å². The van der Waals surface area contributed by atoms with Crippen LogP contribution in [0.15, 0.2) is 35.4 Å². The first kappa shape index (κ1) is 17.3. The number of nitrogens with one attached hydrogen (secondary N) is 2. The van der Waals surface area contributed by atoms with Crippen molar-refractivity contribution in [3.05, 3.63) is 41.7 Å². The molecular formula is C18H25N7. The Morgan fingerprint density at radius 2 is 1.80 bits per heavy atom. The molecule has 2 aromatic rings. The second-order valence-corrected chi connectivity index (χ2v) is 7.05. The molecule has 2 heterocycles. The Hall–Kier alpha value is -2.54. The van der Waals surface area contributed by atoms with Crippen molar-refractivity contribution in [2.45, 2.75) is 26.2 Å². The number of nitrogens with zero attached hydrogens (tertiary/aromatic N) is 5. The summed E-state index contributed by atoms with van der Waals surface area (Å²) in [6, 6.07) is 9.91. The van der Waals surface area contributed by atoms with Gasteiger partial charge < -0.3 is 10.2 Å². The maximum atomic E-state index is 4.68. The normalized spacial score (nSPS) is 15.6. The number of rotatable bonds is 4. The number of aromatic nitrogens is 3. The second kappa shape index (κ2) is 7.57. The number of anilines is 2. The molecule has 2 N–H and O–H groups in total. The second-order valence-electron chi connectivity index (χ2n) is 7.05. The first-order valence-electron chi connectivity index (χ1n) is 8.59. The van der Waals surface area contributed by atoms with Crippen molar-refractivity contribution in [1.82, 2.24) is 20.3 Å². The van der Waals surface area contributed by atoms with E-state index in [-0.39, 0.29) is 5.41 Å². The van der Waals surface area contributed by atoms with Crippen molar-refractivity contribution in [3.8, 4) is 0 Å². The summed E-state index contributed by atoms with van der Waals surface area (Å²) in [6.45, 7) is 9.94. The topological polar surface area (TPSA) is 78.3 Å². The summed E-state index contributed by atoms with van der Waals surface area (Å²) in [6.07, 6.45) is 1.75. The zero-order chi connectivity index (χ0) is 17.7. The zero-order valence-electron chi connectivity index (χ0n) is 15.0. The molecule has 0 bridgehead atoms. The van der Waals surface area contributed by atoms with Gasteiger partial charge in [-0.1, -0.05) is 51.1 Å². The van der Waals surface area contributed by atoms with Crippen LogP contribution in [0.4, 0.5) is 11.9 Å². The summed E-state index contributed by atoms with van der Waals surface area (Å²) in [5.41, 5.74) is 3.80. The average Bonchev–Trinajstić information content (AvgIpc) is 2.62. The van der Waals surface area contributed by atoms with E-state index in [2.05, 4.69) is 56.5 Å². The minimum atomic E-state index is -0.161. The van der Waals surface area contributed by atoms with Crippen molar-refractivity contribution in [2.24, 2.45) is 5.10 Å². The maximum absolute atomic E-state index is 4.68. The van der Waals surface area contributed by atoms with E-state index in [0.29, 0.717) is 11.9 Å². The lowest BCUT2D eigenvalue weighted by atomic mass is 9.96. The minimum absolute atomic E-state index is 0.161. The quantitative estimate of drug-likeness (QED) is 0.655. The van der Waals surface area contributed by atoms with Crippen LogP contribution in [0.5, 0.6) is 0 Å². The minimum Gasteiger partial charge on any atom is -0.338 e. The molecule has 132 valence electrons. The van der Waals surface area contributed by atoms with Crippen LogP contribution in [0.3, 0.4) is 0 Å². The van der Waals surface area contributed by atoms with Crippen LogP contribution in [0.1, 0.15) is 32.2 Å². The highest BCUT2D eigenvalue weighted by Crippen LogP contribution is 2.22. The summed E-state index contributed by atoms with van der Waals surface area (Å²) in [7, 11) is 0. The van der Waals surface area contributed by atoms with E-state index in [1.807, 2.05) is 30.3 Å². The Balaban J connectivity index is 1.83. The summed E-state index contributed by atoms with van der Waals surface area (Å²) in [5.74, 6) is 1.94. The van der Waals surface area contributed by atoms with Gasteiger partial charge in [0.15, 0.2) is 0 Å². The summed E-state index contributed by atoms with van der Waals surface area (Å²) < 4.78 is 0. The van der Waals surface area contributed by atoms with E-state index in [1.54, 1.807) is 6.21 Å². The first-order valence-corrected chi connectivity index (χ1v) is 8.59. The fraction of sp³-hybridized carbons (Fsp3) is 0.444. The van der Waals surface area contributed by atoms with Gasteiger partial charge in [0.05, 0.1) is 6.21 Å². The Morgan fingerprint density at radius 1 is 1.08 bits per heavy atom. The molecule has 1 aliphatic rings. The molecule has 0 atom stereocenters. The van der Waals surface area contributed by atoms with Crippen LogP contribution in [-0.4, -0.2) is 47.3 Å². The predicted molar refractivity (Wildman–Crippen MR) is 101 cm³/mol. The predicted octanol–water partition coefficient (Wildman–Crippen LogP) is 2.02. The molecule has 0 aliphatic carbocycles. The highest BCUT2D eigenvalue weighted by Gasteiger charge is 2.22. The van der Waals surface area contributed by atoms with Crippen LogP contribution in [0, 0.1) is 0 Å². The smallest absolute Gasteiger partial charge is 0.248 e. The lowest BCUT2D eigenvalue weighted by Gasteiger charge is -2.28. The van der Waals surface area contributed by atoms with Gasteiger partial charge in [-0.25, -0.2) is 5.43 Å². The van der Waals surface area contributed by atoms with E-state index in [9.17, 15) is 0 Å². The number of benzene rings is 1. The van der Waals surface area contributed by atoms with Gasteiger partial charge in [-0.2, -0.15) is 20.1 Å². The Bertz CT molecular complexity index is 716. The summed E-state index contributed by atoms with van der Waals surface area (Å²) >= 11 is 0. The highest BCUT2D eigenvalue weighted by molar-refractivity contribution is 5.79. The molecule has 0 spiro atoms. The molecular weight excluding hydrogens is 314 g/mol. The first-order chi connectivity index (χ1) is 12.0. The SMILES string of the molecule is CC(C)(C)c1nc(N/N=C/c2ccccc2)nc(N2CCNCC2)n1. The fourth-order valence-electron chi connectivity index (χ4n) is 2.46. The van der Waals surface area contributed by atoms with Gasteiger partial charge in [-0.3, -0.25) is 0 Å². The Labute approximate surface area is 148 Å². The van der Waals surface area contributed by atoms with Crippen molar-refractivity contribution in [1.29, 1.82) is 0 Å². The molecule has 7 heteroatoms. The lowest BCUT2D eigenvalue weighted by Crippen LogP contribution is -2.44. The van der Waals surface area contributed by atoms with Crippen molar-refractivity contribution in [3.63, 3.8) is 0 Å². The highest BCUT2D eigenvalue weighted by atomic mass is 15.4. The molecule has 1 aromatic carbocycles. The molecule has 0 amide bonds. The molecule has 0 unspecified atom stereocenters. The van der Waals surface area contributed by atoms with Gasteiger partial charge in [-0.15, -0.1) is 0 Å². The van der Waals surface area contributed by atoms with E-state index in [4.69, 9.17) is 0 Å². The van der Waals surface area contributed by atoms with Crippen molar-refractivity contribution in [2.75, 3.05) is 36.5 Å². The Morgan fingerprint density at radius 3 is 2.48 bits per heavy atom. The molecule has 1 aromatic heterocycles. The third-order valence-corrected chi connectivity index (χ3v) is 3.87. The number of hydrogen-bond acceptors (Lipinski definition) is 7. The zero-order valence-corrected chi connectivity index (χ0v) is 15.0. The Kier molecular flexibility index (Phi) is 5.23. The molecule has 0 radical (unpaired) electrons. The van der Waals surface area contributed by atoms with Crippen LogP contribution in [0.25, 0.3) is 0 Å². The largest absolute Gasteiger partial charge is 0.338 e. The van der Waals surface area contributed by atoms with Gasteiger partial charge in [0.2, 0.25) is 11.9 Å². The molecule has 1 fully saturated rings. The molecule has 0 saturated carbocycles. The van der Waals surface area contributed by atoms with Crippen LogP contribution < -0.4 is 15.6 Å². The standard InChI is InChI=1S/C18H25N7/c1-18(2,3)15-21-16(24-20-13-14-7-5-4-6-8-14)23-17(22-15)25-11-9-19-10-12-25/h4-8,13,19H,9-12H2,1-3H3,(H,21,22,23,24)/b20-13+. The maximum Gasteiger partial charge on any atom is 0.248 e. The fourth-order valence-corrected chi connectivity index (χ4v) is 2.46. The number of hydrogen-bond donors (Lipinski definition) is 2. The molecule has 7 nitrogen and oxygen atoms in total. The van der Waals surface area contributed by atoms with Crippen molar-refractivity contribution < 1.29 is 0 Å². The van der Waals surface area contributed by atoms with Crippen LogP contribution in [0.2, 0.25) is 0 Å². The number of hydrazone groups is 1. The lowest BCUT2D eigenvalue weighted by molar-refractivity contribution is 0.533. The van der Waals surface area contributed by atoms with Crippen molar-refractivity contribution >= 4 is 18.1 Å². The molecule has 1 saturated heterocycles. The van der Waals surface area contributed by atoms with Gasteiger partial charge in [-0.05, 0) is 5.56 Å². The van der Waals surface area contributed by atoms with Crippen LogP contribution in [-0.2, 0) is 5.41 Å². The third kappa shape index (κ3) is 4.73. The van der Waals surface area contributed by atoms with Gasteiger partial charge in [0, 0.05) is 31.6 Å².